The lowest BCUT2D eigenvalue weighted by molar-refractivity contribution is 1.32. The maximum absolute atomic E-state index is 5.26. The molecule has 0 unspecified atom stereocenters. The van der Waals surface area contributed by atoms with E-state index in [2.05, 4.69) is 20.8 Å². The van der Waals surface area contributed by atoms with Crippen molar-refractivity contribution in [2.45, 2.75) is 6.82 Å². The summed E-state index contributed by atoms with van der Waals surface area (Å²) in [5.74, 6) is 1.37. The summed E-state index contributed by atoms with van der Waals surface area (Å²) in [6, 6.07) is 3.71. The van der Waals surface area contributed by atoms with Gasteiger partial charge in [0.2, 0.25) is 15.4 Å². The van der Waals surface area contributed by atoms with Crippen molar-refractivity contribution in [1.29, 1.82) is 0 Å². The third-order valence-electron chi connectivity index (χ3n) is 1.55. The van der Waals surface area contributed by atoms with Gasteiger partial charge in [-0.1, -0.05) is 6.82 Å². The highest BCUT2D eigenvalue weighted by molar-refractivity contribution is 6.38. The smallest absolute Gasteiger partial charge is 0.241 e. The van der Waals surface area contributed by atoms with E-state index in [1.54, 1.807) is 0 Å². The molecule has 0 saturated heterocycles. The number of nitrogens with one attached hydrogen (secondary N) is 3. The number of pyridine rings is 1. The topological polar surface area (TPSA) is 49.0 Å². The van der Waals surface area contributed by atoms with E-state index in [9.17, 15) is 0 Å². The number of aromatic nitrogens is 1. The average molecular weight is 173 g/mol. The normalized spacial score (nSPS) is 9.08. The Balaban J connectivity index is 2.93. The van der Waals surface area contributed by atoms with Gasteiger partial charge in [-0.15, -0.1) is 0 Å². The second-order valence-corrected chi connectivity index (χ2v) is 2.45. The molecule has 6 heteroatoms. The molecule has 0 aromatic carbocycles. The van der Waals surface area contributed by atoms with Crippen LogP contribution in [0.25, 0.3) is 0 Å². The van der Waals surface area contributed by atoms with Gasteiger partial charge in [0.05, 0.1) is 0 Å². The first-order valence-corrected chi connectivity index (χ1v) is 4.01. The molecule has 1 aromatic rings. The average Bonchev–Trinajstić information content (AvgIpc) is 2.17. The minimum absolute atomic E-state index is 0.621. The molecule has 4 nitrogen and oxygen atoms in total. The summed E-state index contributed by atoms with van der Waals surface area (Å²) in [7, 11) is 8.91. The highest BCUT2D eigenvalue weighted by atomic mass is 15.0. The Morgan fingerprint density at radius 3 is 2.62 bits per heavy atom. The van der Waals surface area contributed by atoms with Gasteiger partial charge in [0.1, 0.15) is 11.6 Å². The van der Waals surface area contributed by atoms with Crippen molar-refractivity contribution in [2.75, 3.05) is 22.8 Å². The molecule has 0 amide bonds. The molecule has 1 rings (SSSR count). The van der Waals surface area contributed by atoms with E-state index in [0.717, 1.165) is 11.5 Å². The molecule has 0 atom stereocenters. The van der Waals surface area contributed by atoms with E-state index in [-0.39, 0.29) is 0 Å². The standard InChI is InChI=1S/C7H11B2N4/c1-9-13-7-4-5(10-2)3-6(11-7)12-8/h3-4H,1-2H3,(H3,10,11,12,13). The molecule has 0 spiro atoms. The molecule has 0 aliphatic rings. The van der Waals surface area contributed by atoms with Gasteiger partial charge in [0.15, 0.2) is 0 Å². The molecule has 0 fully saturated rings. The highest BCUT2D eigenvalue weighted by Gasteiger charge is 1.98. The zero-order valence-corrected chi connectivity index (χ0v) is 7.76. The van der Waals surface area contributed by atoms with Gasteiger partial charge >= 0.3 is 0 Å². The van der Waals surface area contributed by atoms with Crippen LogP contribution in [0.1, 0.15) is 0 Å². The lowest BCUT2D eigenvalue weighted by Gasteiger charge is -2.08. The second kappa shape index (κ2) is 4.64. The second-order valence-electron chi connectivity index (χ2n) is 2.45. The highest BCUT2D eigenvalue weighted by Crippen LogP contribution is 2.17. The van der Waals surface area contributed by atoms with Crippen LogP contribution in [-0.4, -0.2) is 27.4 Å². The van der Waals surface area contributed by atoms with Crippen molar-refractivity contribution in [3.8, 4) is 0 Å². The summed E-state index contributed by atoms with van der Waals surface area (Å²) in [5.41, 5.74) is 0.951. The third-order valence-corrected chi connectivity index (χ3v) is 1.55. The number of hydrogen-bond donors (Lipinski definition) is 3. The van der Waals surface area contributed by atoms with Crippen molar-refractivity contribution in [1.82, 2.24) is 4.98 Å². The first-order valence-electron chi connectivity index (χ1n) is 4.01. The van der Waals surface area contributed by atoms with Crippen LogP contribution >= 0.6 is 0 Å². The molecule has 13 heavy (non-hydrogen) atoms. The van der Waals surface area contributed by atoms with Gasteiger partial charge < -0.3 is 15.8 Å². The van der Waals surface area contributed by atoms with Gasteiger partial charge in [0, 0.05) is 24.9 Å². The monoisotopic (exact) mass is 173 g/mol. The molecule has 0 aliphatic heterocycles. The fourth-order valence-electron chi connectivity index (χ4n) is 0.971. The van der Waals surface area contributed by atoms with E-state index in [4.69, 9.17) is 7.98 Å². The van der Waals surface area contributed by atoms with E-state index in [1.807, 2.05) is 33.4 Å². The SMILES string of the molecule is [B]Nc1cc(NC)cc(N[B]C)n1. The predicted octanol–water partition coefficient (Wildman–Crippen LogP) is 0.698. The molecule has 0 aliphatic carbocycles. The van der Waals surface area contributed by atoms with Crippen molar-refractivity contribution in [3.05, 3.63) is 12.1 Å². The first kappa shape index (κ1) is 9.77. The molecule has 0 saturated carbocycles. The predicted molar refractivity (Wildman–Crippen MR) is 58.4 cm³/mol. The number of anilines is 3. The fourth-order valence-corrected chi connectivity index (χ4v) is 0.971. The maximum atomic E-state index is 5.26. The number of nitrogens with zero attached hydrogens (tertiary/aromatic N) is 1. The van der Waals surface area contributed by atoms with Crippen molar-refractivity contribution < 1.29 is 0 Å². The van der Waals surface area contributed by atoms with Crippen LogP contribution in [0.15, 0.2) is 12.1 Å². The molecule has 0 bridgehead atoms. The van der Waals surface area contributed by atoms with E-state index in [0.29, 0.717) is 5.82 Å². The van der Waals surface area contributed by atoms with Crippen LogP contribution in [0.4, 0.5) is 17.3 Å². The van der Waals surface area contributed by atoms with Gasteiger partial charge in [-0.3, -0.25) is 0 Å². The number of rotatable bonds is 4. The lowest BCUT2D eigenvalue weighted by Crippen LogP contribution is -2.05. The largest absolute Gasteiger partial charge is 0.423 e. The maximum Gasteiger partial charge on any atom is 0.241 e. The minimum Gasteiger partial charge on any atom is -0.423 e. The molecular weight excluding hydrogens is 162 g/mol. The third kappa shape index (κ3) is 2.57. The van der Waals surface area contributed by atoms with Crippen LogP contribution in [0, 0.1) is 0 Å². The zero-order chi connectivity index (χ0) is 9.68. The van der Waals surface area contributed by atoms with E-state index in [1.165, 1.54) is 0 Å². The van der Waals surface area contributed by atoms with Gasteiger partial charge in [-0.25, -0.2) is 4.98 Å². The summed E-state index contributed by atoms with van der Waals surface area (Å²) < 4.78 is 0. The van der Waals surface area contributed by atoms with Crippen molar-refractivity contribution >= 4 is 32.7 Å². The fraction of sp³-hybridized carbons (Fsp3) is 0.286. The zero-order valence-electron chi connectivity index (χ0n) is 7.76. The van der Waals surface area contributed by atoms with Crippen molar-refractivity contribution in [2.24, 2.45) is 0 Å². The van der Waals surface area contributed by atoms with Gasteiger partial charge in [-0.2, -0.15) is 0 Å². The van der Waals surface area contributed by atoms with Crippen LogP contribution in [-0.2, 0) is 0 Å². The summed E-state index contributed by atoms with van der Waals surface area (Å²) >= 11 is 0. The summed E-state index contributed by atoms with van der Waals surface area (Å²) in [5, 5.41) is 8.49. The van der Waals surface area contributed by atoms with Gasteiger partial charge in [0.25, 0.3) is 0 Å². The van der Waals surface area contributed by atoms with Crippen LogP contribution in [0.2, 0.25) is 6.82 Å². The summed E-state index contributed by atoms with van der Waals surface area (Å²) in [6.45, 7) is 1.89. The summed E-state index contributed by atoms with van der Waals surface area (Å²) in [4.78, 5) is 4.17. The quantitative estimate of drug-likeness (QED) is 0.586. The van der Waals surface area contributed by atoms with Crippen LogP contribution in [0.3, 0.4) is 0 Å². The Morgan fingerprint density at radius 1 is 1.38 bits per heavy atom. The molecule has 3 N–H and O–H groups in total. The van der Waals surface area contributed by atoms with Crippen LogP contribution < -0.4 is 15.8 Å². The summed E-state index contributed by atoms with van der Waals surface area (Å²) in [6.07, 6.45) is 0. The van der Waals surface area contributed by atoms with Gasteiger partial charge in [-0.05, 0) is 0 Å². The lowest BCUT2D eigenvalue weighted by atomic mass is 10.0. The Kier molecular flexibility index (Phi) is 3.49. The minimum atomic E-state index is 0.621. The molecule has 1 aromatic heterocycles. The molecule has 1 heterocycles. The molecular formula is C7H11B2N4. The molecule has 3 radical (unpaired) electrons. The van der Waals surface area contributed by atoms with E-state index >= 15 is 0 Å². The van der Waals surface area contributed by atoms with Crippen LogP contribution in [0.5, 0.6) is 0 Å². The van der Waals surface area contributed by atoms with Crippen molar-refractivity contribution in [3.63, 3.8) is 0 Å². The molecule has 65 valence electrons. The van der Waals surface area contributed by atoms with E-state index < -0.39 is 0 Å². The number of hydrogen-bond acceptors (Lipinski definition) is 4. The first-order chi connectivity index (χ1) is 6.30. The Labute approximate surface area is 80.2 Å². The Bertz CT molecular complexity index is 257. The Hall–Kier alpha value is -1.32. The Morgan fingerprint density at radius 2 is 2.08 bits per heavy atom.